The van der Waals surface area contributed by atoms with Crippen molar-refractivity contribution in [3.8, 4) is 0 Å². The predicted octanol–water partition coefficient (Wildman–Crippen LogP) is 2.99. The summed E-state index contributed by atoms with van der Waals surface area (Å²) in [6.45, 7) is 0. The lowest BCUT2D eigenvalue weighted by molar-refractivity contribution is 0.177. The number of hydrogen-bond donors (Lipinski definition) is 1. The van der Waals surface area contributed by atoms with E-state index in [2.05, 4.69) is 0 Å². The van der Waals surface area contributed by atoms with Crippen molar-refractivity contribution in [1.29, 1.82) is 0 Å². The number of rotatable bonds is 4. The highest BCUT2D eigenvalue weighted by molar-refractivity contribution is 7.99. The van der Waals surface area contributed by atoms with Crippen LogP contribution in [0.15, 0.2) is 29.2 Å². The van der Waals surface area contributed by atoms with E-state index >= 15 is 0 Å². The first kappa shape index (κ1) is 10.9. The van der Waals surface area contributed by atoms with Crippen LogP contribution >= 0.6 is 11.8 Å². The maximum Gasteiger partial charge on any atom is 0.247 e. The smallest absolute Gasteiger partial charge is 0.247 e. The highest BCUT2D eigenvalue weighted by atomic mass is 32.2. The molecule has 1 fully saturated rings. The molecule has 0 atom stereocenters. The van der Waals surface area contributed by atoms with Crippen LogP contribution < -0.4 is 5.73 Å². The van der Waals surface area contributed by atoms with E-state index in [0.717, 1.165) is 23.3 Å². The van der Waals surface area contributed by atoms with E-state index in [0.29, 0.717) is 0 Å². The van der Waals surface area contributed by atoms with Crippen LogP contribution in [0, 0.1) is 0 Å². The van der Waals surface area contributed by atoms with Gasteiger partial charge in [-0.1, -0.05) is 18.2 Å². The molecule has 0 amide bonds. The molecule has 1 aliphatic rings. The molecule has 0 bridgehead atoms. The zero-order valence-corrected chi connectivity index (χ0v) is 9.07. The lowest BCUT2D eigenvalue weighted by Crippen LogP contribution is -2.19. The average Bonchev–Trinajstić information content (AvgIpc) is 2.95. The first-order chi connectivity index (χ1) is 7.12. The van der Waals surface area contributed by atoms with Gasteiger partial charge in [-0.15, -0.1) is 11.8 Å². The van der Waals surface area contributed by atoms with Gasteiger partial charge in [0.1, 0.15) is 0 Å². The number of halogens is 2. The van der Waals surface area contributed by atoms with Crippen LogP contribution in [-0.2, 0) is 5.54 Å². The number of thioether (sulfide) groups is 1. The minimum atomic E-state index is -2.27. The van der Waals surface area contributed by atoms with Crippen molar-refractivity contribution >= 4 is 11.8 Å². The number of alkyl halides is 2. The van der Waals surface area contributed by atoms with Gasteiger partial charge in [0.2, 0.25) is 6.43 Å². The lowest BCUT2D eigenvalue weighted by Gasteiger charge is -2.14. The summed E-state index contributed by atoms with van der Waals surface area (Å²) < 4.78 is 24.2. The minimum absolute atomic E-state index is 0.160. The Labute approximate surface area is 92.0 Å². The molecule has 0 radical (unpaired) electrons. The van der Waals surface area contributed by atoms with Gasteiger partial charge in [-0.05, 0) is 24.5 Å². The summed E-state index contributed by atoms with van der Waals surface area (Å²) in [7, 11) is 0. The molecule has 82 valence electrons. The van der Waals surface area contributed by atoms with E-state index in [1.54, 1.807) is 0 Å². The van der Waals surface area contributed by atoms with Crippen LogP contribution in [0.5, 0.6) is 0 Å². The summed E-state index contributed by atoms with van der Waals surface area (Å²) in [4.78, 5) is 0.901. The Hall–Kier alpha value is -0.610. The van der Waals surface area contributed by atoms with Crippen LogP contribution in [-0.4, -0.2) is 12.2 Å². The Morgan fingerprint density at radius 1 is 1.33 bits per heavy atom. The molecule has 2 N–H and O–H groups in total. The van der Waals surface area contributed by atoms with Crippen LogP contribution in [0.2, 0.25) is 0 Å². The fraction of sp³-hybridized carbons (Fsp3) is 0.455. The van der Waals surface area contributed by atoms with Gasteiger partial charge in [0.15, 0.2) is 0 Å². The Bertz CT molecular complexity index is 350. The van der Waals surface area contributed by atoms with E-state index in [1.165, 1.54) is 11.8 Å². The maximum absolute atomic E-state index is 12.1. The second-order valence-electron chi connectivity index (χ2n) is 3.85. The molecule has 0 aliphatic heterocycles. The molecule has 0 spiro atoms. The van der Waals surface area contributed by atoms with Gasteiger partial charge < -0.3 is 5.73 Å². The standard InChI is InChI=1S/C11H13F2NS/c12-10(13)7-15-9-4-2-1-3-8(9)11(14)5-6-11/h1-4,10H,5-7,14H2. The monoisotopic (exact) mass is 229 g/mol. The molecule has 15 heavy (non-hydrogen) atoms. The van der Waals surface area contributed by atoms with Crippen molar-refractivity contribution in [3.63, 3.8) is 0 Å². The molecular formula is C11H13F2NS. The predicted molar refractivity (Wildman–Crippen MR) is 58.3 cm³/mol. The Morgan fingerprint density at radius 3 is 2.60 bits per heavy atom. The summed E-state index contributed by atoms with van der Waals surface area (Å²) in [5.74, 6) is -0.160. The molecule has 1 aliphatic carbocycles. The summed E-state index contributed by atoms with van der Waals surface area (Å²) in [6, 6.07) is 7.59. The van der Waals surface area contributed by atoms with E-state index in [9.17, 15) is 8.78 Å². The van der Waals surface area contributed by atoms with Gasteiger partial charge >= 0.3 is 0 Å². The minimum Gasteiger partial charge on any atom is -0.321 e. The van der Waals surface area contributed by atoms with Crippen molar-refractivity contribution in [1.82, 2.24) is 0 Å². The third-order valence-corrected chi connectivity index (χ3v) is 3.66. The van der Waals surface area contributed by atoms with Crippen LogP contribution in [0.1, 0.15) is 18.4 Å². The normalized spacial score (nSPS) is 18.1. The molecule has 1 aromatic carbocycles. The molecule has 0 heterocycles. The fourth-order valence-electron chi connectivity index (χ4n) is 1.56. The van der Waals surface area contributed by atoms with Crippen molar-refractivity contribution in [2.75, 3.05) is 5.75 Å². The van der Waals surface area contributed by atoms with Gasteiger partial charge in [-0.25, -0.2) is 8.78 Å². The lowest BCUT2D eigenvalue weighted by atomic mass is 10.1. The molecule has 0 saturated heterocycles. The molecule has 1 saturated carbocycles. The summed E-state index contributed by atoms with van der Waals surface area (Å²) in [6.07, 6.45) is -0.352. The molecule has 1 aromatic rings. The van der Waals surface area contributed by atoms with E-state index in [4.69, 9.17) is 5.73 Å². The third kappa shape index (κ3) is 2.49. The van der Waals surface area contributed by atoms with E-state index in [-0.39, 0.29) is 11.3 Å². The fourth-order valence-corrected chi connectivity index (χ4v) is 2.47. The summed E-state index contributed by atoms with van der Waals surface area (Å²) >= 11 is 1.19. The SMILES string of the molecule is NC1(c2ccccc2SCC(F)F)CC1. The van der Waals surface area contributed by atoms with Crippen LogP contribution in [0.25, 0.3) is 0 Å². The third-order valence-electron chi connectivity index (χ3n) is 2.58. The summed E-state index contributed by atoms with van der Waals surface area (Å²) in [5, 5.41) is 0. The van der Waals surface area contributed by atoms with Crippen LogP contribution in [0.3, 0.4) is 0 Å². The van der Waals surface area contributed by atoms with Gasteiger partial charge in [-0.3, -0.25) is 0 Å². The quantitative estimate of drug-likeness (QED) is 0.803. The maximum atomic E-state index is 12.1. The van der Waals surface area contributed by atoms with Crippen molar-refractivity contribution in [2.24, 2.45) is 5.73 Å². The van der Waals surface area contributed by atoms with E-state index < -0.39 is 6.43 Å². The molecule has 2 rings (SSSR count). The average molecular weight is 229 g/mol. The summed E-state index contributed by atoms with van der Waals surface area (Å²) in [5.41, 5.74) is 6.85. The van der Waals surface area contributed by atoms with Crippen LogP contribution in [0.4, 0.5) is 8.78 Å². The highest BCUT2D eigenvalue weighted by Crippen LogP contribution is 2.46. The molecule has 4 heteroatoms. The molecular weight excluding hydrogens is 216 g/mol. The Balaban J connectivity index is 2.15. The van der Waals surface area contributed by atoms with Gasteiger partial charge in [0, 0.05) is 10.4 Å². The Kier molecular flexibility index (Phi) is 2.98. The second kappa shape index (κ2) is 4.10. The molecule has 1 nitrogen and oxygen atoms in total. The molecule has 0 unspecified atom stereocenters. The first-order valence-corrected chi connectivity index (χ1v) is 5.90. The number of benzene rings is 1. The first-order valence-electron chi connectivity index (χ1n) is 4.91. The van der Waals surface area contributed by atoms with Gasteiger partial charge in [0.25, 0.3) is 0 Å². The zero-order chi connectivity index (χ0) is 10.9. The zero-order valence-electron chi connectivity index (χ0n) is 8.25. The van der Waals surface area contributed by atoms with Crippen molar-refractivity contribution in [2.45, 2.75) is 29.7 Å². The van der Waals surface area contributed by atoms with Gasteiger partial charge in [-0.2, -0.15) is 0 Å². The van der Waals surface area contributed by atoms with Crippen molar-refractivity contribution in [3.05, 3.63) is 29.8 Å². The number of hydrogen-bond acceptors (Lipinski definition) is 2. The topological polar surface area (TPSA) is 26.0 Å². The largest absolute Gasteiger partial charge is 0.321 e. The van der Waals surface area contributed by atoms with Gasteiger partial charge in [0.05, 0.1) is 5.75 Å². The van der Waals surface area contributed by atoms with E-state index in [1.807, 2.05) is 24.3 Å². The number of nitrogens with two attached hydrogens (primary N) is 1. The Morgan fingerprint density at radius 2 is 2.00 bits per heavy atom. The molecule has 0 aromatic heterocycles. The highest BCUT2D eigenvalue weighted by Gasteiger charge is 2.41. The van der Waals surface area contributed by atoms with Crippen molar-refractivity contribution < 1.29 is 8.78 Å². The second-order valence-corrected chi connectivity index (χ2v) is 4.92.